The van der Waals surface area contributed by atoms with E-state index < -0.39 is 0 Å². The van der Waals surface area contributed by atoms with Crippen LogP contribution in [0.25, 0.3) is 0 Å². The summed E-state index contributed by atoms with van der Waals surface area (Å²) in [6.07, 6.45) is 0. The van der Waals surface area contributed by atoms with Crippen LogP contribution in [0.1, 0.15) is 0 Å². The second kappa shape index (κ2) is 7.37. The number of benzene rings is 2. The second-order valence-corrected chi connectivity index (χ2v) is 5.30. The molecule has 7 heteroatoms. The van der Waals surface area contributed by atoms with Crippen molar-refractivity contribution in [1.82, 2.24) is 10.2 Å². The molecule has 1 heterocycles. The van der Waals surface area contributed by atoms with Gasteiger partial charge in [0.25, 0.3) is 5.91 Å². The third-order valence-electron chi connectivity index (χ3n) is 2.78. The van der Waals surface area contributed by atoms with Gasteiger partial charge in [-0.05, 0) is 36.4 Å². The summed E-state index contributed by atoms with van der Waals surface area (Å²) in [5.74, 6) is 1.75. The summed E-state index contributed by atoms with van der Waals surface area (Å²) in [7, 11) is 0. The lowest BCUT2D eigenvalue weighted by Gasteiger charge is -2.08. The molecule has 6 nitrogen and oxygen atoms in total. The molecule has 23 heavy (non-hydrogen) atoms. The van der Waals surface area contributed by atoms with Gasteiger partial charge in [0.1, 0.15) is 22.8 Å². The topological polar surface area (TPSA) is 73.3 Å². The van der Waals surface area contributed by atoms with E-state index >= 15 is 0 Å². The highest BCUT2D eigenvalue weighted by Gasteiger charge is 2.06. The van der Waals surface area contributed by atoms with E-state index in [-0.39, 0.29) is 12.5 Å². The molecule has 0 spiro atoms. The first-order valence-electron chi connectivity index (χ1n) is 6.81. The first-order valence-corrected chi connectivity index (χ1v) is 7.69. The normalized spacial score (nSPS) is 10.1. The number of rotatable bonds is 6. The standard InChI is InChI=1S/C16H13N3O3S/c20-15(18-16-19-17-11-23-16)10-21-12-6-8-14(9-7-12)22-13-4-2-1-3-5-13/h1-9,11H,10H2,(H,18,19,20). The molecule has 0 aliphatic heterocycles. The molecule has 3 aromatic rings. The maximum Gasteiger partial charge on any atom is 0.264 e. The Hall–Kier alpha value is -2.93. The Balaban J connectivity index is 1.50. The number of hydrogen-bond acceptors (Lipinski definition) is 6. The van der Waals surface area contributed by atoms with E-state index in [0.29, 0.717) is 16.6 Å². The molecule has 1 amide bonds. The predicted molar refractivity (Wildman–Crippen MR) is 87.0 cm³/mol. The Bertz CT molecular complexity index is 746. The number of carbonyl (C=O) groups excluding carboxylic acids is 1. The minimum absolute atomic E-state index is 0.0987. The summed E-state index contributed by atoms with van der Waals surface area (Å²) < 4.78 is 11.1. The lowest BCUT2D eigenvalue weighted by Crippen LogP contribution is -2.20. The Morgan fingerprint density at radius 3 is 2.39 bits per heavy atom. The monoisotopic (exact) mass is 327 g/mol. The molecule has 0 radical (unpaired) electrons. The maximum absolute atomic E-state index is 11.7. The third-order valence-corrected chi connectivity index (χ3v) is 3.39. The number of ether oxygens (including phenoxy) is 2. The molecule has 0 atom stereocenters. The Morgan fingerprint density at radius 1 is 1.00 bits per heavy atom. The van der Waals surface area contributed by atoms with Gasteiger partial charge >= 0.3 is 0 Å². The second-order valence-electron chi connectivity index (χ2n) is 4.47. The van der Waals surface area contributed by atoms with Crippen molar-refractivity contribution in [3.05, 3.63) is 60.1 Å². The summed E-state index contributed by atoms with van der Waals surface area (Å²) in [5, 5.41) is 10.4. The Labute approximate surface area is 136 Å². The summed E-state index contributed by atoms with van der Waals surface area (Å²) in [5.41, 5.74) is 1.54. The van der Waals surface area contributed by atoms with Crippen molar-refractivity contribution in [2.75, 3.05) is 11.9 Å². The number of amides is 1. The molecule has 0 aliphatic carbocycles. The fourth-order valence-corrected chi connectivity index (χ4v) is 2.22. The molecule has 1 aromatic heterocycles. The predicted octanol–water partition coefficient (Wildman–Crippen LogP) is 3.35. The average Bonchev–Trinajstić information content (AvgIpc) is 3.08. The van der Waals surface area contributed by atoms with Crippen molar-refractivity contribution in [2.45, 2.75) is 0 Å². The van der Waals surface area contributed by atoms with Crippen molar-refractivity contribution < 1.29 is 14.3 Å². The van der Waals surface area contributed by atoms with E-state index in [1.54, 1.807) is 29.8 Å². The number of nitrogens with zero attached hydrogens (tertiary/aromatic N) is 2. The summed E-state index contributed by atoms with van der Waals surface area (Å²) in [4.78, 5) is 11.7. The zero-order chi connectivity index (χ0) is 15.9. The van der Waals surface area contributed by atoms with Gasteiger partial charge in [-0.3, -0.25) is 10.1 Å². The number of para-hydroxylation sites is 1. The highest BCUT2D eigenvalue weighted by Crippen LogP contribution is 2.23. The van der Waals surface area contributed by atoms with Gasteiger partial charge in [-0.1, -0.05) is 29.5 Å². The maximum atomic E-state index is 11.7. The molecule has 0 fully saturated rings. The van der Waals surface area contributed by atoms with Gasteiger partial charge in [0.2, 0.25) is 5.13 Å². The first kappa shape index (κ1) is 15.0. The lowest BCUT2D eigenvalue weighted by molar-refractivity contribution is -0.118. The third kappa shape index (κ3) is 4.52. The van der Waals surface area contributed by atoms with Crippen molar-refractivity contribution in [3.8, 4) is 17.2 Å². The van der Waals surface area contributed by atoms with E-state index in [1.165, 1.54) is 11.3 Å². The zero-order valence-electron chi connectivity index (χ0n) is 12.0. The average molecular weight is 327 g/mol. The molecule has 0 unspecified atom stereocenters. The highest BCUT2D eigenvalue weighted by molar-refractivity contribution is 7.13. The fourth-order valence-electron chi connectivity index (χ4n) is 1.76. The zero-order valence-corrected chi connectivity index (χ0v) is 12.8. The summed E-state index contributed by atoms with van der Waals surface area (Å²) >= 11 is 1.25. The molecular formula is C16H13N3O3S. The van der Waals surface area contributed by atoms with Gasteiger partial charge in [-0.25, -0.2) is 0 Å². The van der Waals surface area contributed by atoms with Gasteiger partial charge in [0.05, 0.1) is 0 Å². The quantitative estimate of drug-likeness (QED) is 0.751. The van der Waals surface area contributed by atoms with Crippen LogP contribution in [0.4, 0.5) is 5.13 Å². The summed E-state index contributed by atoms with van der Waals surface area (Å²) in [6.45, 7) is -0.0987. The van der Waals surface area contributed by atoms with Crippen molar-refractivity contribution >= 4 is 22.4 Å². The van der Waals surface area contributed by atoms with Crippen LogP contribution in [-0.4, -0.2) is 22.7 Å². The molecular weight excluding hydrogens is 314 g/mol. The van der Waals surface area contributed by atoms with Crippen LogP contribution in [0.5, 0.6) is 17.2 Å². The van der Waals surface area contributed by atoms with Gasteiger partial charge in [0, 0.05) is 0 Å². The minimum Gasteiger partial charge on any atom is -0.484 e. The van der Waals surface area contributed by atoms with E-state index in [2.05, 4.69) is 15.5 Å². The number of nitrogens with one attached hydrogen (secondary N) is 1. The lowest BCUT2D eigenvalue weighted by atomic mass is 10.3. The molecule has 0 aliphatic rings. The van der Waals surface area contributed by atoms with Crippen LogP contribution < -0.4 is 14.8 Å². The molecule has 1 N–H and O–H groups in total. The van der Waals surface area contributed by atoms with E-state index in [4.69, 9.17) is 9.47 Å². The largest absolute Gasteiger partial charge is 0.484 e. The van der Waals surface area contributed by atoms with E-state index in [9.17, 15) is 4.79 Å². The molecule has 2 aromatic carbocycles. The van der Waals surface area contributed by atoms with Crippen LogP contribution in [-0.2, 0) is 4.79 Å². The number of hydrogen-bond donors (Lipinski definition) is 1. The van der Waals surface area contributed by atoms with Gasteiger partial charge < -0.3 is 9.47 Å². The van der Waals surface area contributed by atoms with Crippen molar-refractivity contribution in [2.24, 2.45) is 0 Å². The highest BCUT2D eigenvalue weighted by atomic mass is 32.1. The van der Waals surface area contributed by atoms with Gasteiger partial charge in [-0.2, -0.15) is 0 Å². The molecule has 0 bridgehead atoms. The van der Waals surface area contributed by atoms with Crippen LogP contribution in [0, 0.1) is 0 Å². The van der Waals surface area contributed by atoms with Crippen LogP contribution in [0.3, 0.4) is 0 Å². The summed E-state index contributed by atoms with van der Waals surface area (Å²) in [6, 6.07) is 16.6. The van der Waals surface area contributed by atoms with Crippen LogP contribution >= 0.6 is 11.3 Å². The number of carbonyl (C=O) groups is 1. The minimum atomic E-state index is -0.286. The first-order chi connectivity index (χ1) is 11.3. The SMILES string of the molecule is O=C(COc1ccc(Oc2ccccc2)cc1)Nc1nncs1. The van der Waals surface area contributed by atoms with E-state index in [1.807, 2.05) is 30.3 Å². The fraction of sp³-hybridized carbons (Fsp3) is 0.0625. The van der Waals surface area contributed by atoms with Gasteiger partial charge in [0.15, 0.2) is 6.61 Å². The van der Waals surface area contributed by atoms with E-state index in [0.717, 1.165) is 5.75 Å². The smallest absolute Gasteiger partial charge is 0.264 e. The van der Waals surface area contributed by atoms with Crippen molar-refractivity contribution in [1.29, 1.82) is 0 Å². The van der Waals surface area contributed by atoms with Gasteiger partial charge in [-0.15, -0.1) is 10.2 Å². The molecule has 0 saturated carbocycles. The number of aromatic nitrogens is 2. The molecule has 116 valence electrons. The molecule has 3 rings (SSSR count). The van der Waals surface area contributed by atoms with Crippen LogP contribution in [0.15, 0.2) is 60.1 Å². The Kier molecular flexibility index (Phi) is 4.80. The Morgan fingerprint density at radius 2 is 1.70 bits per heavy atom. The number of anilines is 1. The van der Waals surface area contributed by atoms with Crippen molar-refractivity contribution in [3.63, 3.8) is 0 Å². The van der Waals surface area contributed by atoms with Crippen LogP contribution in [0.2, 0.25) is 0 Å². The molecule has 0 saturated heterocycles.